The Labute approximate surface area is 191 Å². The summed E-state index contributed by atoms with van der Waals surface area (Å²) in [5.74, 6) is 2.03. The summed E-state index contributed by atoms with van der Waals surface area (Å²) in [5, 5.41) is 0.171. The van der Waals surface area contributed by atoms with Crippen molar-refractivity contribution in [2.75, 3.05) is 0 Å². The molecule has 0 spiro atoms. The molecule has 0 saturated heterocycles. The summed E-state index contributed by atoms with van der Waals surface area (Å²) in [4.78, 5) is 0. The molecule has 1 fully saturated rings. The van der Waals surface area contributed by atoms with E-state index in [-0.39, 0.29) is 10.8 Å². The lowest BCUT2D eigenvalue weighted by molar-refractivity contribution is 0.245. The molecule has 0 aromatic heterocycles. The molecule has 1 saturated carbocycles. The van der Waals surface area contributed by atoms with Gasteiger partial charge in [0.1, 0.15) is 5.82 Å². The first-order valence-corrected chi connectivity index (χ1v) is 12.1. The smallest absolute Gasteiger partial charge is 0.142 e. The van der Waals surface area contributed by atoms with Crippen LogP contribution in [0.3, 0.4) is 0 Å². The maximum absolute atomic E-state index is 13.7. The Morgan fingerprint density at radius 2 is 1.48 bits per heavy atom. The Morgan fingerprint density at radius 3 is 2.16 bits per heavy atom. The van der Waals surface area contributed by atoms with Gasteiger partial charge in [0.25, 0.3) is 0 Å². The second kappa shape index (κ2) is 10.5. The quantitative estimate of drug-likeness (QED) is 0.347. The molecule has 1 aliphatic carbocycles. The molecule has 0 nitrogen and oxygen atoms in total. The molecule has 3 aromatic rings. The number of halogens is 2. The zero-order chi connectivity index (χ0) is 21.6. The molecule has 0 aliphatic heterocycles. The van der Waals surface area contributed by atoms with Crippen LogP contribution >= 0.6 is 11.6 Å². The van der Waals surface area contributed by atoms with Gasteiger partial charge < -0.3 is 0 Å². The van der Waals surface area contributed by atoms with Crippen molar-refractivity contribution in [1.29, 1.82) is 0 Å². The number of hydrogen-bond donors (Lipinski definition) is 0. The van der Waals surface area contributed by atoms with Crippen LogP contribution in [-0.2, 0) is 6.42 Å². The number of rotatable bonds is 7. The van der Waals surface area contributed by atoms with Gasteiger partial charge >= 0.3 is 0 Å². The minimum absolute atomic E-state index is 0.171. The standard InChI is InChI=1S/C29H32ClF/c1-21(25-5-3-2-4-6-25)19-24-11-9-22(10-12-24)7-8-23-13-15-26(16-14-23)27-17-18-28(30)29(31)20-27/h2-6,13-18,20-22,24H,7-12,19H2,1H3. The third-order valence-electron chi connectivity index (χ3n) is 7.07. The molecule has 1 unspecified atom stereocenters. The van der Waals surface area contributed by atoms with Crippen LogP contribution in [-0.4, -0.2) is 0 Å². The predicted octanol–water partition coefficient (Wildman–Crippen LogP) is 9.08. The number of benzene rings is 3. The van der Waals surface area contributed by atoms with E-state index in [0.29, 0.717) is 5.92 Å². The Kier molecular flexibility index (Phi) is 7.45. The van der Waals surface area contributed by atoms with Gasteiger partial charge in [-0.05, 0) is 71.4 Å². The summed E-state index contributed by atoms with van der Waals surface area (Å²) < 4.78 is 13.7. The van der Waals surface area contributed by atoms with Gasteiger partial charge in [0, 0.05) is 0 Å². The minimum Gasteiger partial charge on any atom is -0.205 e. The van der Waals surface area contributed by atoms with Gasteiger partial charge in [-0.15, -0.1) is 0 Å². The van der Waals surface area contributed by atoms with Crippen molar-refractivity contribution in [2.24, 2.45) is 11.8 Å². The van der Waals surface area contributed by atoms with E-state index < -0.39 is 0 Å². The van der Waals surface area contributed by atoms with E-state index in [1.165, 1.54) is 55.7 Å². The van der Waals surface area contributed by atoms with E-state index in [1.54, 1.807) is 6.07 Å². The lowest BCUT2D eigenvalue weighted by Gasteiger charge is -2.30. The highest BCUT2D eigenvalue weighted by atomic mass is 35.5. The molecule has 2 heteroatoms. The number of hydrogen-bond acceptors (Lipinski definition) is 0. The summed E-state index contributed by atoms with van der Waals surface area (Å²) in [6.45, 7) is 2.38. The molecule has 1 atom stereocenters. The molecular weight excluding hydrogens is 403 g/mol. The summed E-state index contributed by atoms with van der Waals surface area (Å²) in [6.07, 6.45) is 9.22. The topological polar surface area (TPSA) is 0 Å². The van der Waals surface area contributed by atoms with Crippen molar-refractivity contribution in [2.45, 2.75) is 57.8 Å². The van der Waals surface area contributed by atoms with E-state index in [0.717, 1.165) is 29.4 Å². The zero-order valence-corrected chi connectivity index (χ0v) is 19.1. The maximum atomic E-state index is 13.7. The van der Waals surface area contributed by atoms with Crippen molar-refractivity contribution in [3.63, 3.8) is 0 Å². The molecule has 1 aliphatic rings. The van der Waals surface area contributed by atoms with Crippen LogP contribution in [0.1, 0.15) is 62.5 Å². The van der Waals surface area contributed by atoms with Crippen molar-refractivity contribution in [1.82, 2.24) is 0 Å². The maximum Gasteiger partial charge on any atom is 0.142 e. The molecule has 162 valence electrons. The first kappa shape index (κ1) is 22.1. The van der Waals surface area contributed by atoms with Crippen LogP contribution in [0.5, 0.6) is 0 Å². The summed E-state index contributed by atoms with van der Waals surface area (Å²) in [6, 6.07) is 24.5. The van der Waals surface area contributed by atoms with Crippen molar-refractivity contribution >= 4 is 11.6 Å². The fraction of sp³-hybridized carbons (Fsp3) is 0.379. The van der Waals surface area contributed by atoms with E-state index in [2.05, 4.69) is 61.5 Å². The van der Waals surface area contributed by atoms with Gasteiger partial charge in [-0.3, -0.25) is 0 Å². The molecular formula is C29H32ClF. The highest BCUT2D eigenvalue weighted by Crippen LogP contribution is 2.37. The van der Waals surface area contributed by atoms with E-state index in [9.17, 15) is 4.39 Å². The molecule has 4 rings (SSSR count). The molecule has 0 amide bonds. The molecule has 0 radical (unpaired) electrons. The second-order valence-electron chi connectivity index (χ2n) is 9.30. The average molecular weight is 435 g/mol. The van der Waals surface area contributed by atoms with Gasteiger partial charge in [0.15, 0.2) is 0 Å². The summed E-state index contributed by atoms with van der Waals surface area (Å²) >= 11 is 5.80. The zero-order valence-electron chi connectivity index (χ0n) is 18.4. The van der Waals surface area contributed by atoms with E-state index in [1.807, 2.05) is 6.07 Å². The third-order valence-corrected chi connectivity index (χ3v) is 7.38. The SMILES string of the molecule is CC(CC1CCC(CCc2ccc(-c3ccc(Cl)c(F)c3)cc2)CC1)c1ccccc1. The largest absolute Gasteiger partial charge is 0.205 e. The molecule has 0 N–H and O–H groups in total. The fourth-order valence-corrected chi connectivity index (χ4v) is 5.20. The Hall–Kier alpha value is -2.12. The van der Waals surface area contributed by atoms with Crippen LogP contribution in [0.15, 0.2) is 72.8 Å². The van der Waals surface area contributed by atoms with Gasteiger partial charge in [0.2, 0.25) is 0 Å². The first-order chi connectivity index (χ1) is 15.1. The van der Waals surface area contributed by atoms with Gasteiger partial charge in [-0.2, -0.15) is 0 Å². The highest BCUT2D eigenvalue weighted by Gasteiger charge is 2.23. The minimum atomic E-state index is -0.364. The summed E-state index contributed by atoms with van der Waals surface area (Å²) in [7, 11) is 0. The normalized spacial score (nSPS) is 19.8. The van der Waals surface area contributed by atoms with Gasteiger partial charge in [-0.1, -0.05) is 105 Å². The Bertz CT molecular complexity index is 956. The fourth-order valence-electron chi connectivity index (χ4n) is 5.08. The summed E-state index contributed by atoms with van der Waals surface area (Å²) in [5.41, 5.74) is 4.76. The van der Waals surface area contributed by atoms with Crippen molar-refractivity contribution in [3.05, 3.63) is 94.8 Å². The lowest BCUT2D eigenvalue weighted by atomic mass is 9.75. The molecule has 0 heterocycles. The van der Waals surface area contributed by atoms with Crippen LogP contribution < -0.4 is 0 Å². The van der Waals surface area contributed by atoms with Crippen LogP contribution in [0.4, 0.5) is 4.39 Å². The van der Waals surface area contributed by atoms with Crippen LogP contribution in [0.25, 0.3) is 11.1 Å². The van der Waals surface area contributed by atoms with Crippen LogP contribution in [0, 0.1) is 17.7 Å². The van der Waals surface area contributed by atoms with E-state index >= 15 is 0 Å². The average Bonchev–Trinajstić information content (AvgIpc) is 2.81. The second-order valence-corrected chi connectivity index (χ2v) is 9.71. The van der Waals surface area contributed by atoms with Crippen molar-refractivity contribution in [3.8, 4) is 11.1 Å². The highest BCUT2D eigenvalue weighted by molar-refractivity contribution is 6.30. The third kappa shape index (κ3) is 5.98. The Morgan fingerprint density at radius 1 is 0.839 bits per heavy atom. The lowest BCUT2D eigenvalue weighted by Crippen LogP contribution is -2.16. The Balaban J connectivity index is 1.23. The predicted molar refractivity (Wildman–Crippen MR) is 130 cm³/mol. The molecule has 0 bridgehead atoms. The molecule has 3 aromatic carbocycles. The monoisotopic (exact) mass is 434 g/mol. The molecule has 31 heavy (non-hydrogen) atoms. The van der Waals surface area contributed by atoms with Crippen LogP contribution in [0.2, 0.25) is 5.02 Å². The van der Waals surface area contributed by atoms with Crippen molar-refractivity contribution < 1.29 is 4.39 Å². The van der Waals surface area contributed by atoms with E-state index in [4.69, 9.17) is 11.6 Å². The van der Waals surface area contributed by atoms with Gasteiger partial charge in [-0.25, -0.2) is 4.39 Å². The first-order valence-electron chi connectivity index (χ1n) is 11.7. The number of aryl methyl sites for hydroxylation is 1. The van der Waals surface area contributed by atoms with Gasteiger partial charge in [0.05, 0.1) is 5.02 Å².